The molecule has 0 radical (unpaired) electrons. The molecule has 0 aliphatic carbocycles. The van der Waals surface area contributed by atoms with Crippen molar-refractivity contribution in [2.75, 3.05) is 6.26 Å². The highest BCUT2D eigenvalue weighted by atomic mass is 35.5. The number of nitriles is 1. The van der Waals surface area contributed by atoms with Crippen LogP contribution < -0.4 is 0 Å². The zero-order valence-electron chi connectivity index (χ0n) is 7.23. The highest BCUT2D eigenvalue weighted by Gasteiger charge is 2.09. The Morgan fingerprint density at radius 3 is 2.71 bits per heavy atom. The third-order valence-corrected chi connectivity index (χ3v) is 2.37. The molecule has 0 amide bonds. The van der Waals surface area contributed by atoms with Crippen molar-refractivity contribution in [3.8, 4) is 6.07 Å². The van der Waals surface area contributed by atoms with Crippen molar-refractivity contribution in [2.24, 2.45) is 0 Å². The molecule has 0 aliphatic rings. The van der Waals surface area contributed by atoms with Crippen LogP contribution in [0.1, 0.15) is 11.4 Å². The van der Waals surface area contributed by atoms with E-state index in [0.717, 1.165) is 6.26 Å². The van der Waals surface area contributed by atoms with Gasteiger partial charge in [-0.05, 0) is 0 Å². The minimum absolute atomic E-state index is 0.0267. The third kappa shape index (κ3) is 2.94. The molecule has 0 aliphatic heterocycles. The van der Waals surface area contributed by atoms with Crippen molar-refractivity contribution >= 4 is 21.4 Å². The van der Waals surface area contributed by atoms with Gasteiger partial charge >= 0.3 is 0 Å². The predicted octanol–water partition coefficient (Wildman–Crippen LogP) is 0.546. The molecule has 7 heteroatoms. The zero-order valence-corrected chi connectivity index (χ0v) is 8.80. The maximum absolute atomic E-state index is 10.9. The Hall–Kier alpha value is -1.19. The number of aromatic nitrogens is 2. The second-order valence-electron chi connectivity index (χ2n) is 2.67. The molecule has 0 bridgehead atoms. The first kappa shape index (κ1) is 10.9. The number of halogens is 1. The van der Waals surface area contributed by atoms with E-state index in [1.54, 1.807) is 6.07 Å². The average molecular weight is 232 g/mol. The molecular formula is C7H6ClN3O2S. The Morgan fingerprint density at radius 1 is 1.64 bits per heavy atom. The fourth-order valence-corrected chi connectivity index (χ4v) is 1.57. The van der Waals surface area contributed by atoms with Crippen LogP contribution in [0.15, 0.2) is 6.20 Å². The van der Waals surface area contributed by atoms with Gasteiger partial charge in [0.2, 0.25) is 0 Å². The molecule has 0 aromatic carbocycles. The summed E-state index contributed by atoms with van der Waals surface area (Å²) in [4.78, 5) is 7.38. The number of rotatable bonds is 2. The van der Waals surface area contributed by atoms with Crippen molar-refractivity contribution < 1.29 is 8.42 Å². The van der Waals surface area contributed by atoms with Crippen molar-refractivity contribution in [1.29, 1.82) is 5.26 Å². The fraction of sp³-hybridized carbons (Fsp3) is 0.286. The lowest BCUT2D eigenvalue weighted by molar-refractivity contribution is 0.599. The summed E-state index contributed by atoms with van der Waals surface area (Å²) >= 11 is 5.59. The van der Waals surface area contributed by atoms with Gasteiger partial charge in [-0.25, -0.2) is 18.4 Å². The van der Waals surface area contributed by atoms with E-state index in [-0.39, 0.29) is 22.3 Å². The maximum atomic E-state index is 10.9. The first-order valence-corrected chi connectivity index (χ1v) is 5.95. The van der Waals surface area contributed by atoms with Gasteiger partial charge in [-0.3, -0.25) is 0 Å². The minimum Gasteiger partial charge on any atom is -0.239 e. The van der Waals surface area contributed by atoms with E-state index in [4.69, 9.17) is 16.9 Å². The quantitative estimate of drug-likeness (QED) is 0.694. The SMILES string of the molecule is CS(=O)(=O)Cc1ncc(C#N)c(Cl)n1. The molecule has 0 N–H and O–H groups in total. The van der Waals surface area contributed by atoms with Crippen LogP contribution in [0.2, 0.25) is 5.15 Å². The summed E-state index contributed by atoms with van der Waals surface area (Å²) in [7, 11) is -3.18. The molecule has 74 valence electrons. The molecule has 14 heavy (non-hydrogen) atoms. The van der Waals surface area contributed by atoms with Crippen LogP contribution in [0.5, 0.6) is 0 Å². The highest BCUT2D eigenvalue weighted by molar-refractivity contribution is 7.89. The number of hydrogen-bond donors (Lipinski definition) is 0. The van der Waals surface area contributed by atoms with Gasteiger partial charge in [-0.2, -0.15) is 5.26 Å². The summed E-state index contributed by atoms with van der Waals surface area (Å²) in [5, 5.41) is 8.48. The van der Waals surface area contributed by atoms with Gasteiger partial charge in [0.15, 0.2) is 15.0 Å². The molecule has 1 aromatic rings. The molecule has 1 heterocycles. The lowest BCUT2D eigenvalue weighted by Gasteiger charge is -1.98. The molecule has 5 nitrogen and oxygen atoms in total. The minimum atomic E-state index is -3.18. The highest BCUT2D eigenvalue weighted by Crippen LogP contribution is 2.11. The molecular weight excluding hydrogens is 226 g/mol. The molecule has 0 fully saturated rings. The zero-order chi connectivity index (χ0) is 10.8. The topological polar surface area (TPSA) is 83.7 Å². The standard InChI is InChI=1S/C7H6ClN3O2S/c1-14(12,13)4-6-10-3-5(2-9)7(8)11-6/h3H,4H2,1H3. The van der Waals surface area contributed by atoms with Crippen LogP contribution >= 0.6 is 11.6 Å². The van der Waals surface area contributed by atoms with Gasteiger partial charge in [0.1, 0.15) is 23.2 Å². The number of hydrogen-bond acceptors (Lipinski definition) is 5. The van der Waals surface area contributed by atoms with Crippen LogP contribution in [0.3, 0.4) is 0 Å². The van der Waals surface area contributed by atoms with E-state index in [9.17, 15) is 8.42 Å². The first-order chi connectivity index (χ1) is 6.42. The van der Waals surface area contributed by atoms with Crippen LogP contribution in [0, 0.1) is 11.3 Å². The summed E-state index contributed by atoms with van der Waals surface area (Å²) < 4.78 is 21.8. The monoisotopic (exact) mass is 231 g/mol. The Kier molecular flexibility index (Phi) is 3.03. The molecule has 1 aromatic heterocycles. The van der Waals surface area contributed by atoms with Crippen LogP contribution in [-0.4, -0.2) is 24.6 Å². The summed E-state index contributed by atoms with van der Waals surface area (Å²) in [5.74, 6) is -0.185. The largest absolute Gasteiger partial charge is 0.239 e. The van der Waals surface area contributed by atoms with Crippen molar-refractivity contribution in [1.82, 2.24) is 9.97 Å². The molecule has 0 atom stereocenters. The van der Waals surface area contributed by atoms with Gasteiger partial charge in [-0.1, -0.05) is 11.6 Å². The lowest BCUT2D eigenvalue weighted by atomic mass is 10.4. The Bertz CT molecular complexity index is 492. The van der Waals surface area contributed by atoms with Gasteiger partial charge in [0.25, 0.3) is 0 Å². The predicted molar refractivity (Wildman–Crippen MR) is 50.3 cm³/mol. The second kappa shape index (κ2) is 3.90. The van der Waals surface area contributed by atoms with Crippen molar-refractivity contribution in [3.05, 3.63) is 22.7 Å². The molecule has 0 saturated heterocycles. The van der Waals surface area contributed by atoms with Crippen LogP contribution in [-0.2, 0) is 15.6 Å². The normalized spacial score (nSPS) is 10.9. The average Bonchev–Trinajstić information content (AvgIpc) is 2.01. The third-order valence-electron chi connectivity index (χ3n) is 1.30. The van der Waals surface area contributed by atoms with E-state index in [2.05, 4.69) is 9.97 Å². The Balaban J connectivity index is 3.06. The van der Waals surface area contributed by atoms with Gasteiger partial charge < -0.3 is 0 Å². The summed E-state index contributed by atoms with van der Waals surface area (Å²) in [5.41, 5.74) is 0.129. The van der Waals surface area contributed by atoms with Crippen LogP contribution in [0.25, 0.3) is 0 Å². The van der Waals surface area contributed by atoms with E-state index < -0.39 is 9.84 Å². The maximum Gasteiger partial charge on any atom is 0.154 e. The van der Waals surface area contributed by atoms with Crippen LogP contribution in [0.4, 0.5) is 0 Å². The fourth-order valence-electron chi connectivity index (χ4n) is 0.774. The molecule has 0 spiro atoms. The number of sulfone groups is 1. The van der Waals surface area contributed by atoms with Crippen molar-refractivity contribution in [3.63, 3.8) is 0 Å². The molecule has 0 unspecified atom stereocenters. The molecule has 0 saturated carbocycles. The van der Waals surface area contributed by atoms with E-state index in [1.807, 2.05) is 0 Å². The lowest BCUT2D eigenvalue weighted by Crippen LogP contribution is -2.05. The first-order valence-electron chi connectivity index (χ1n) is 3.51. The van der Waals surface area contributed by atoms with E-state index in [1.165, 1.54) is 6.20 Å². The smallest absolute Gasteiger partial charge is 0.154 e. The van der Waals surface area contributed by atoms with Gasteiger partial charge in [0.05, 0.1) is 0 Å². The summed E-state index contributed by atoms with van der Waals surface area (Å²) in [6, 6.07) is 1.78. The van der Waals surface area contributed by atoms with Crippen molar-refractivity contribution in [2.45, 2.75) is 5.75 Å². The summed E-state index contributed by atoms with van der Waals surface area (Å²) in [6.45, 7) is 0. The van der Waals surface area contributed by atoms with Gasteiger partial charge in [0, 0.05) is 12.5 Å². The second-order valence-corrected chi connectivity index (χ2v) is 5.17. The Labute approximate surface area is 86.3 Å². The van der Waals surface area contributed by atoms with E-state index >= 15 is 0 Å². The molecule has 1 rings (SSSR count). The number of nitrogens with zero attached hydrogens (tertiary/aromatic N) is 3. The van der Waals surface area contributed by atoms with Gasteiger partial charge in [-0.15, -0.1) is 0 Å². The summed E-state index contributed by atoms with van der Waals surface area (Å²) in [6.07, 6.45) is 2.28. The Morgan fingerprint density at radius 2 is 2.29 bits per heavy atom. The van der Waals surface area contributed by atoms with E-state index in [0.29, 0.717) is 0 Å².